The summed E-state index contributed by atoms with van der Waals surface area (Å²) >= 11 is 19.3. The molecule has 0 aliphatic carbocycles. The summed E-state index contributed by atoms with van der Waals surface area (Å²) in [6, 6.07) is 40.7. The number of hydrogen-bond donors (Lipinski definition) is 2. The lowest BCUT2D eigenvalue weighted by Crippen LogP contribution is -1.95. The second kappa shape index (κ2) is 14.7. The number of hydrogen-bond acceptors (Lipinski definition) is 2. The van der Waals surface area contributed by atoms with Crippen molar-refractivity contribution in [1.29, 1.82) is 0 Å². The fraction of sp³-hybridized carbons (Fsp3) is 0.0698. The Kier molecular flexibility index (Phi) is 10.2. The smallest absolute Gasteiger partial charge is 0.147 e. The van der Waals surface area contributed by atoms with Crippen LogP contribution < -0.4 is 0 Å². The van der Waals surface area contributed by atoms with Gasteiger partial charge in [0, 0.05) is 44.2 Å². The minimum absolute atomic E-state index is 0.215. The van der Waals surface area contributed by atoms with E-state index >= 15 is 0 Å². The Hall–Kier alpha value is -4.93. The van der Waals surface area contributed by atoms with Crippen LogP contribution in [0.2, 0.25) is 15.1 Å². The molecule has 7 rings (SSSR count). The van der Waals surface area contributed by atoms with E-state index in [0.29, 0.717) is 20.8 Å². The summed E-state index contributed by atoms with van der Waals surface area (Å²) in [6.45, 7) is 6.12. The van der Waals surface area contributed by atoms with Crippen molar-refractivity contribution < 1.29 is 10.2 Å². The van der Waals surface area contributed by atoms with Crippen LogP contribution in [-0.4, -0.2) is 14.8 Å². The number of rotatable bonds is 5. The molecule has 0 bridgehead atoms. The fourth-order valence-corrected chi connectivity index (χ4v) is 7.06. The molecule has 2 N–H and O–H groups in total. The van der Waals surface area contributed by atoms with Crippen LogP contribution in [0.4, 0.5) is 0 Å². The summed E-state index contributed by atoms with van der Waals surface area (Å²) in [6.07, 6.45) is 3.79. The first-order valence-corrected chi connectivity index (χ1v) is 16.9. The highest BCUT2D eigenvalue weighted by atomic mass is 35.5. The summed E-state index contributed by atoms with van der Waals surface area (Å²) in [4.78, 5) is 0. The summed E-state index contributed by atoms with van der Waals surface area (Å²) < 4.78 is 1.88. The lowest BCUT2D eigenvalue weighted by Gasteiger charge is -2.17. The Bertz CT molecular complexity index is 2230. The molecule has 0 aliphatic heterocycles. The number of benzene rings is 6. The van der Waals surface area contributed by atoms with E-state index in [1.165, 1.54) is 5.56 Å². The highest BCUT2D eigenvalue weighted by molar-refractivity contribution is 6.39. The van der Waals surface area contributed by atoms with Gasteiger partial charge in [-0.1, -0.05) is 102 Å². The third-order valence-electron chi connectivity index (χ3n) is 8.54. The maximum Gasteiger partial charge on any atom is 0.147 e. The summed E-state index contributed by atoms with van der Waals surface area (Å²) in [5.74, 6) is 0.461. The van der Waals surface area contributed by atoms with Crippen LogP contribution in [0, 0.1) is 20.8 Å². The van der Waals surface area contributed by atoms with Gasteiger partial charge in [-0.15, -0.1) is 0 Å². The molecule has 3 nitrogen and oxygen atoms in total. The van der Waals surface area contributed by atoms with Gasteiger partial charge in [0.15, 0.2) is 0 Å². The zero-order chi connectivity index (χ0) is 34.7. The lowest BCUT2D eigenvalue weighted by molar-refractivity contribution is 0.474. The van der Waals surface area contributed by atoms with Crippen LogP contribution >= 0.6 is 34.8 Å². The molecule has 6 aromatic carbocycles. The molecule has 1 heterocycles. The van der Waals surface area contributed by atoms with Gasteiger partial charge < -0.3 is 14.8 Å². The standard InChI is InChI=1S/C23H17Cl2NO.C20H17ClO/c1-15-7-2-3-8-17(15)18-13-16(22-19(24)9-6-10-20(22)25)14-21(23(18)27)26-11-4-5-12-26;1-13-6-3-4-8-18(13)15-10-16(12-17(22)11-15)20-14(2)7-5-9-19(20)21/h2-14,27H,1H3;3-12,22H,1-2H3. The van der Waals surface area contributed by atoms with E-state index < -0.39 is 0 Å². The third-order valence-corrected chi connectivity index (χ3v) is 9.49. The van der Waals surface area contributed by atoms with Crippen molar-refractivity contribution in [3.8, 4) is 61.7 Å². The first kappa shape index (κ1) is 34.0. The molecule has 0 amide bonds. The van der Waals surface area contributed by atoms with Crippen molar-refractivity contribution in [2.75, 3.05) is 0 Å². The largest absolute Gasteiger partial charge is 0.508 e. The number of phenolic OH excluding ortho intramolecular Hbond substituents is 2. The Morgan fingerprint density at radius 3 is 1.57 bits per heavy atom. The number of nitrogens with zero attached hydrogens (tertiary/aromatic N) is 1. The van der Waals surface area contributed by atoms with Gasteiger partial charge in [-0.05, 0) is 126 Å². The van der Waals surface area contributed by atoms with Gasteiger partial charge in [-0.25, -0.2) is 0 Å². The maximum atomic E-state index is 11.1. The fourth-order valence-electron chi connectivity index (χ4n) is 6.11. The number of aromatic nitrogens is 1. The molecule has 0 atom stereocenters. The predicted octanol–water partition coefficient (Wildman–Crippen LogP) is 13.1. The normalized spacial score (nSPS) is 10.8. The van der Waals surface area contributed by atoms with E-state index in [1.54, 1.807) is 12.1 Å². The number of aromatic hydroxyl groups is 2. The Morgan fingerprint density at radius 2 is 0.959 bits per heavy atom. The van der Waals surface area contributed by atoms with E-state index in [-0.39, 0.29) is 11.5 Å². The van der Waals surface area contributed by atoms with Gasteiger partial charge in [-0.3, -0.25) is 0 Å². The quantitative estimate of drug-likeness (QED) is 0.188. The van der Waals surface area contributed by atoms with Crippen LogP contribution in [0.5, 0.6) is 11.5 Å². The minimum atomic E-state index is 0.215. The second-order valence-corrected chi connectivity index (χ2v) is 13.1. The van der Waals surface area contributed by atoms with Gasteiger partial charge in [0.25, 0.3) is 0 Å². The number of phenols is 2. The van der Waals surface area contributed by atoms with Gasteiger partial charge in [0.1, 0.15) is 11.5 Å². The van der Waals surface area contributed by atoms with E-state index in [2.05, 4.69) is 25.1 Å². The van der Waals surface area contributed by atoms with Crippen molar-refractivity contribution in [2.24, 2.45) is 0 Å². The topological polar surface area (TPSA) is 45.4 Å². The summed E-state index contributed by atoms with van der Waals surface area (Å²) in [7, 11) is 0. The molecule has 6 heteroatoms. The van der Waals surface area contributed by atoms with Gasteiger partial charge in [0.2, 0.25) is 0 Å². The molecule has 0 fully saturated rings. The molecule has 0 unspecified atom stereocenters. The molecule has 0 saturated carbocycles. The molecular formula is C43H34Cl3NO2. The van der Waals surface area contributed by atoms with Gasteiger partial charge >= 0.3 is 0 Å². The highest BCUT2D eigenvalue weighted by Crippen LogP contribution is 2.43. The van der Waals surface area contributed by atoms with Crippen LogP contribution in [-0.2, 0) is 0 Å². The average molecular weight is 703 g/mol. The second-order valence-electron chi connectivity index (χ2n) is 11.9. The maximum absolute atomic E-state index is 11.1. The predicted molar refractivity (Wildman–Crippen MR) is 207 cm³/mol. The highest BCUT2D eigenvalue weighted by Gasteiger charge is 2.18. The van der Waals surface area contributed by atoms with E-state index in [9.17, 15) is 10.2 Å². The number of aryl methyl sites for hydroxylation is 3. The van der Waals surface area contributed by atoms with Crippen LogP contribution in [0.3, 0.4) is 0 Å². The van der Waals surface area contributed by atoms with Crippen molar-refractivity contribution in [2.45, 2.75) is 20.8 Å². The zero-order valence-electron chi connectivity index (χ0n) is 27.3. The van der Waals surface area contributed by atoms with Crippen LogP contribution in [0.1, 0.15) is 16.7 Å². The van der Waals surface area contributed by atoms with Gasteiger partial charge in [-0.2, -0.15) is 0 Å². The molecule has 0 radical (unpaired) electrons. The van der Waals surface area contributed by atoms with Crippen molar-refractivity contribution in [3.05, 3.63) is 172 Å². The molecule has 0 spiro atoms. The molecule has 1 aromatic heterocycles. The molecule has 0 saturated heterocycles. The minimum Gasteiger partial charge on any atom is -0.508 e. The van der Waals surface area contributed by atoms with E-state index in [0.717, 1.165) is 55.6 Å². The van der Waals surface area contributed by atoms with Gasteiger partial charge in [0.05, 0.1) is 5.69 Å². The molecular weight excluding hydrogens is 669 g/mol. The van der Waals surface area contributed by atoms with Crippen LogP contribution in [0.25, 0.3) is 50.2 Å². The molecule has 244 valence electrons. The molecule has 0 aliphatic rings. The SMILES string of the molecule is Cc1ccccc1-c1cc(-c2c(Cl)cccc2Cl)cc(-n2cccc2)c1O.Cc1ccccc1-c1cc(O)cc(-c2c(C)cccc2Cl)c1. The Labute approximate surface area is 302 Å². The summed E-state index contributed by atoms with van der Waals surface area (Å²) in [5, 5.41) is 23.0. The first-order chi connectivity index (χ1) is 23.6. The zero-order valence-corrected chi connectivity index (χ0v) is 29.5. The van der Waals surface area contributed by atoms with Crippen LogP contribution in [0.15, 0.2) is 140 Å². The van der Waals surface area contributed by atoms with Crippen molar-refractivity contribution in [3.63, 3.8) is 0 Å². The van der Waals surface area contributed by atoms with Crippen molar-refractivity contribution >= 4 is 34.8 Å². The Morgan fingerprint density at radius 1 is 0.449 bits per heavy atom. The molecule has 7 aromatic rings. The lowest BCUT2D eigenvalue weighted by atomic mass is 9.94. The Balaban J connectivity index is 0.000000174. The first-order valence-electron chi connectivity index (χ1n) is 15.8. The van der Waals surface area contributed by atoms with E-state index in [4.69, 9.17) is 34.8 Å². The van der Waals surface area contributed by atoms with Crippen molar-refractivity contribution in [1.82, 2.24) is 4.57 Å². The molecule has 49 heavy (non-hydrogen) atoms. The third kappa shape index (κ3) is 7.25. The number of halogens is 3. The monoisotopic (exact) mass is 701 g/mol. The average Bonchev–Trinajstić information content (AvgIpc) is 3.61. The summed E-state index contributed by atoms with van der Waals surface area (Å²) in [5.41, 5.74) is 11.3. The van der Waals surface area contributed by atoms with E-state index in [1.807, 2.05) is 128 Å².